The van der Waals surface area contributed by atoms with Gasteiger partial charge in [0.05, 0.1) is 16.7 Å². The number of hydrogen-bond acceptors (Lipinski definition) is 2. The van der Waals surface area contributed by atoms with Crippen LogP contribution in [0.3, 0.4) is 0 Å². The third-order valence-electron chi connectivity index (χ3n) is 12.8. The molecule has 10 aromatic rings. The van der Waals surface area contributed by atoms with Gasteiger partial charge in [0, 0.05) is 60.6 Å². The van der Waals surface area contributed by atoms with Crippen molar-refractivity contribution in [3.8, 4) is 16.8 Å². The molecule has 0 fully saturated rings. The minimum Gasteiger partial charge on any atom is -0.466 e. The van der Waals surface area contributed by atoms with E-state index in [0.29, 0.717) is 0 Å². The summed E-state index contributed by atoms with van der Waals surface area (Å²) in [6.07, 6.45) is 0. The fourth-order valence-corrected chi connectivity index (χ4v) is 10.1. The maximum Gasteiger partial charge on any atom is 0.375 e. The molecule has 0 spiro atoms. The van der Waals surface area contributed by atoms with Gasteiger partial charge in [-0.25, -0.2) is 0 Å². The number of fused-ring (bicyclic) bond motifs is 13. The van der Waals surface area contributed by atoms with E-state index in [-0.39, 0.29) is 17.7 Å². The van der Waals surface area contributed by atoms with E-state index in [1.165, 1.54) is 77.0 Å². The molecule has 0 aliphatic carbocycles. The van der Waals surface area contributed by atoms with Crippen LogP contribution in [0.5, 0.6) is 0 Å². The van der Waals surface area contributed by atoms with Crippen LogP contribution in [0.1, 0.15) is 52.7 Å². The van der Waals surface area contributed by atoms with Gasteiger partial charge in [0.1, 0.15) is 11.2 Å². The molecule has 3 aromatic heterocycles. The SMILES string of the molecule is CC(C)(C)c1ccc(N2c3cc(C(C)(C)C)cc4c3B(c3oc5ccccc5c32)n2c3ccccc3c3cc5c(c-4c32)c2ccccc2n5-c2ccccc2)cc1. The second-order valence-electron chi connectivity index (χ2n) is 18.2. The lowest BCUT2D eigenvalue weighted by Gasteiger charge is -2.39. The van der Waals surface area contributed by atoms with Gasteiger partial charge in [0.15, 0.2) is 0 Å². The van der Waals surface area contributed by atoms with E-state index in [2.05, 4.69) is 201 Å². The Balaban J connectivity index is 1.31. The molecule has 0 radical (unpaired) electrons. The molecule has 0 bridgehead atoms. The van der Waals surface area contributed by atoms with Crippen LogP contribution in [-0.4, -0.2) is 15.9 Å². The van der Waals surface area contributed by atoms with Crippen molar-refractivity contribution in [3.05, 3.63) is 157 Å². The van der Waals surface area contributed by atoms with Gasteiger partial charge in [-0.15, -0.1) is 0 Å². The molecule has 0 unspecified atom stereocenters. The zero-order chi connectivity index (χ0) is 38.5. The Morgan fingerprint density at radius 3 is 1.91 bits per heavy atom. The van der Waals surface area contributed by atoms with Gasteiger partial charge in [0.2, 0.25) is 0 Å². The zero-order valence-corrected chi connectivity index (χ0v) is 33.2. The quantitative estimate of drug-likeness (QED) is 0.165. The number of aromatic nitrogens is 2. The molecule has 12 rings (SSSR count). The van der Waals surface area contributed by atoms with Crippen molar-refractivity contribution in [3.63, 3.8) is 0 Å². The minimum absolute atomic E-state index is 0.0409. The van der Waals surface area contributed by atoms with Crippen molar-refractivity contribution < 1.29 is 4.42 Å². The number of benzene rings is 7. The van der Waals surface area contributed by atoms with E-state index in [1.54, 1.807) is 0 Å². The second-order valence-corrected chi connectivity index (χ2v) is 18.2. The minimum atomic E-state index is -0.175. The Kier molecular flexibility index (Phi) is 6.38. The van der Waals surface area contributed by atoms with Crippen molar-refractivity contribution in [1.82, 2.24) is 9.05 Å². The first-order valence-electron chi connectivity index (χ1n) is 20.2. The van der Waals surface area contributed by atoms with Crippen molar-refractivity contribution in [2.45, 2.75) is 52.4 Å². The molecular formula is C52H42BN3O. The van der Waals surface area contributed by atoms with E-state index >= 15 is 0 Å². The lowest BCUT2D eigenvalue weighted by Crippen LogP contribution is -2.56. The van der Waals surface area contributed by atoms with Crippen LogP contribution in [0.4, 0.5) is 17.1 Å². The first-order valence-corrected chi connectivity index (χ1v) is 20.2. The summed E-state index contributed by atoms with van der Waals surface area (Å²) in [4.78, 5) is 2.51. The standard InChI is InChI=1S/C52H42BN3O/c1-51(2,3)31-24-26-34(27-25-31)55-43-29-32(52(4,5)6)28-39-46-45-36-19-11-13-21-40(36)54(33-16-8-7-9-17-33)42(45)30-38-35-18-10-14-22-41(35)56(48(38)46)53(47(39)43)50-49(55)37-20-12-15-23-44(37)57-50/h7-30H,1-6H3. The largest absolute Gasteiger partial charge is 0.466 e. The zero-order valence-electron chi connectivity index (χ0n) is 33.2. The van der Waals surface area contributed by atoms with Gasteiger partial charge in [-0.1, -0.05) is 126 Å². The molecule has 0 N–H and O–H groups in total. The third-order valence-corrected chi connectivity index (χ3v) is 12.8. The normalized spacial score (nSPS) is 13.7. The van der Waals surface area contributed by atoms with Crippen LogP contribution in [0.25, 0.3) is 71.4 Å². The maximum atomic E-state index is 7.18. The van der Waals surface area contributed by atoms with Gasteiger partial charge in [0.25, 0.3) is 0 Å². The Bertz CT molecular complexity index is 3310. The van der Waals surface area contributed by atoms with Gasteiger partial charge >= 0.3 is 6.85 Å². The van der Waals surface area contributed by atoms with Crippen LogP contribution >= 0.6 is 0 Å². The summed E-state index contributed by atoms with van der Waals surface area (Å²) in [5.74, 6) is 0. The number of nitrogens with zero attached hydrogens (tertiary/aromatic N) is 3. The lowest BCUT2D eigenvalue weighted by atomic mass is 9.47. The van der Waals surface area contributed by atoms with E-state index in [0.717, 1.165) is 33.7 Å². The van der Waals surface area contributed by atoms with Crippen LogP contribution in [0.2, 0.25) is 0 Å². The van der Waals surface area contributed by atoms with E-state index in [4.69, 9.17) is 4.42 Å². The molecule has 7 aromatic carbocycles. The summed E-state index contributed by atoms with van der Waals surface area (Å²) in [7, 11) is 0. The van der Waals surface area contributed by atoms with Crippen LogP contribution < -0.4 is 16.0 Å². The summed E-state index contributed by atoms with van der Waals surface area (Å²) in [6.45, 7) is 13.7. The predicted octanol–water partition coefficient (Wildman–Crippen LogP) is 12.7. The summed E-state index contributed by atoms with van der Waals surface area (Å²) >= 11 is 0. The first kappa shape index (κ1) is 32.8. The maximum absolute atomic E-state index is 7.18. The fourth-order valence-electron chi connectivity index (χ4n) is 10.1. The summed E-state index contributed by atoms with van der Waals surface area (Å²) < 4.78 is 12.3. The van der Waals surface area contributed by atoms with Crippen molar-refractivity contribution in [1.29, 1.82) is 0 Å². The third kappa shape index (κ3) is 4.35. The first-order chi connectivity index (χ1) is 27.6. The Labute approximate surface area is 332 Å². The smallest absolute Gasteiger partial charge is 0.375 e. The highest BCUT2D eigenvalue weighted by Crippen LogP contribution is 2.52. The molecule has 57 heavy (non-hydrogen) atoms. The average Bonchev–Trinajstić information content (AvgIpc) is 3.87. The van der Waals surface area contributed by atoms with E-state index in [9.17, 15) is 0 Å². The Morgan fingerprint density at radius 1 is 0.526 bits per heavy atom. The molecule has 274 valence electrons. The van der Waals surface area contributed by atoms with E-state index in [1.807, 2.05) is 0 Å². The second kappa shape index (κ2) is 11.1. The number of rotatable bonds is 2. The lowest BCUT2D eigenvalue weighted by molar-refractivity contribution is 0.590. The van der Waals surface area contributed by atoms with Crippen molar-refractivity contribution in [2.75, 3.05) is 4.90 Å². The van der Waals surface area contributed by atoms with Crippen LogP contribution in [-0.2, 0) is 10.8 Å². The predicted molar refractivity (Wildman–Crippen MR) is 241 cm³/mol. The van der Waals surface area contributed by atoms with Crippen LogP contribution in [0.15, 0.2) is 150 Å². The van der Waals surface area contributed by atoms with Gasteiger partial charge in [-0.3, -0.25) is 0 Å². The number of para-hydroxylation sites is 4. The molecular weight excluding hydrogens is 693 g/mol. The molecule has 2 aliphatic heterocycles. The molecule has 0 saturated carbocycles. The molecule has 5 heteroatoms. The summed E-state index contributed by atoms with van der Waals surface area (Å²) in [5, 5.41) is 6.19. The van der Waals surface area contributed by atoms with Crippen molar-refractivity contribution >= 4 is 89.6 Å². The highest BCUT2D eigenvalue weighted by molar-refractivity contribution is 6.89. The topological polar surface area (TPSA) is 26.2 Å². The van der Waals surface area contributed by atoms with Gasteiger partial charge in [-0.05, 0) is 93.6 Å². The molecule has 4 nitrogen and oxygen atoms in total. The molecule has 0 amide bonds. The number of anilines is 3. The summed E-state index contributed by atoms with van der Waals surface area (Å²) in [6, 6.07) is 54.1. The van der Waals surface area contributed by atoms with Crippen LogP contribution in [0, 0.1) is 0 Å². The number of hydrogen-bond donors (Lipinski definition) is 0. The highest BCUT2D eigenvalue weighted by Gasteiger charge is 2.47. The fraction of sp³-hybridized carbons (Fsp3) is 0.154. The van der Waals surface area contributed by atoms with Gasteiger partial charge < -0.3 is 18.4 Å². The monoisotopic (exact) mass is 735 g/mol. The molecule has 0 atom stereocenters. The molecule has 5 heterocycles. The van der Waals surface area contributed by atoms with E-state index < -0.39 is 0 Å². The summed E-state index contributed by atoms with van der Waals surface area (Å²) in [5.41, 5.74) is 17.9. The number of furan rings is 1. The molecule has 2 aliphatic rings. The Morgan fingerprint density at radius 2 is 1.18 bits per heavy atom. The van der Waals surface area contributed by atoms with Gasteiger partial charge in [-0.2, -0.15) is 0 Å². The molecule has 0 saturated heterocycles. The average molecular weight is 736 g/mol. The Hall–Kier alpha value is -6.46. The highest BCUT2D eigenvalue weighted by atomic mass is 16.3. The van der Waals surface area contributed by atoms with Crippen molar-refractivity contribution in [2.24, 2.45) is 0 Å².